The summed E-state index contributed by atoms with van der Waals surface area (Å²) in [5, 5.41) is 10.2. The van der Waals surface area contributed by atoms with Crippen molar-refractivity contribution in [1.29, 1.82) is 0 Å². The van der Waals surface area contributed by atoms with Crippen LogP contribution in [-0.4, -0.2) is 24.8 Å². The van der Waals surface area contributed by atoms with E-state index in [-0.39, 0.29) is 20.6 Å². The summed E-state index contributed by atoms with van der Waals surface area (Å²) in [6, 6.07) is 6.24. The van der Waals surface area contributed by atoms with Gasteiger partial charge in [0.2, 0.25) is 0 Å². The first-order valence-electron chi connectivity index (χ1n) is 5.31. The van der Waals surface area contributed by atoms with Crippen LogP contribution in [0.25, 0.3) is 0 Å². The number of hydrogen-bond donors (Lipinski definition) is 2. The molecule has 1 aromatic carbocycles. The zero-order valence-electron chi connectivity index (χ0n) is 9.21. The fraction of sp³-hybridized carbons (Fsp3) is 0.182. The van der Waals surface area contributed by atoms with E-state index in [1.165, 1.54) is 0 Å². The summed E-state index contributed by atoms with van der Waals surface area (Å²) < 4.78 is 8.81. The molecule has 0 bridgehead atoms. The molecule has 2 N–H and O–H groups in total. The van der Waals surface area contributed by atoms with Crippen LogP contribution >= 0.6 is 0 Å². The molecule has 1 aliphatic rings. The van der Waals surface area contributed by atoms with E-state index in [0.717, 1.165) is 22.6 Å². The molecule has 2 aromatic rings. The second-order valence-corrected chi connectivity index (χ2v) is 4.94. The average molecular weight is 292 g/mol. The molecule has 1 unspecified atom stereocenters. The van der Waals surface area contributed by atoms with Gasteiger partial charge in [0.1, 0.15) is 0 Å². The molecule has 0 spiro atoms. The fourth-order valence-corrected chi connectivity index (χ4v) is 2.89. The first-order valence-corrected chi connectivity index (χ1v) is 6.84. The van der Waals surface area contributed by atoms with Crippen molar-refractivity contribution in [2.75, 3.05) is 5.32 Å². The number of fused-ring (bicyclic) bond motifs is 1. The molecule has 0 fully saturated rings. The van der Waals surface area contributed by atoms with Crippen LogP contribution in [0, 0.1) is 0 Å². The number of nitrogens with zero attached hydrogens (tertiary/aromatic N) is 3. The van der Waals surface area contributed by atoms with Crippen molar-refractivity contribution in [2.24, 2.45) is 7.92 Å². The third-order valence-corrected chi connectivity index (χ3v) is 3.82. The molecule has 86 valence electrons. The van der Waals surface area contributed by atoms with Gasteiger partial charge in [-0.05, 0) is 0 Å². The second-order valence-electron chi connectivity index (χ2n) is 3.84. The van der Waals surface area contributed by atoms with E-state index < -0.39 is 0 Å². The molecule has 1 aromatic heterocycles. The predicted molar refractivity (Wildman–Crippen MR) is 67.0 cm³/mol. The van der Waals surface area contributed by atoms with E-state index in [1.807, 2.05) is 30.6 Å². The predicted octanol–water partition coefficient (Wildman–Crippen LogP) is 2.93. The number of benzene rings is 1. The Balaban J connectivity index is 1.87. The number of aromatic nitrogens is 2. The van der Waals surface area contributed by atoms with Crippen molar-refractivity contribution in [2.45, 2.75) is 13.0 Å². The first kappa shape index (κ1) is 10.5. The summed E-state index contributed by atoms with van der Waals surface area (Å²) in [4.78, 5) is 0. The Morgan fingerprint density at radius 3 is 3.12 bits per heavy atom. The molecule has 0 amide bonds. The van der Waals surface area contributed by atoms with Crippen molar-refractivity contribution in [3.05, 3.63) is 36.2 Å². The van der Waals surface area contributed by atoms with Gasteiger partial charge in [-0.2, -0.15) is 0 Å². The summed E-state index contributed by atoms with van der Waals surface area (Å²) in [7, 11) is 0. The van der Waals surface area contributed by atoms with Crippen LogP contribution in [0.2, 0.25) is 0 Å². The van der Waals surface area contributed by atoms with Crippen LogP contribution in [0.3, 0.4) is 0 Å². The van der Waals surface area contributed by atoms with E-state index >= 15 is 0 Å². The quantitative estimate of drug-likeness (QED) is 0.729. The van der Waals surface area contributed by atoms with Crippen LogP contribution in [0.1, 0.15) is 18.5 Å². The van der Waals surface area contributed by atoms with Crippen LogP contribution < -0.4 is 5.32 Å². The molecular weight excluding hydrogens is 281 g/mol. The Kier molecular flexibility index (Phi) is 2.66. The average Bonchev–Trinajstić information content (AvgIpc) is 3.00. The summed E-state index contributed by atoms with van der Waals surface area (Å²) >= 11 is 0.0129. The summed E-state index contributed by atoms with van der Waals surface area (Å²) in [6.07, 6.45) is 3.72. The van der Waals surface area contributed by atoms with Crippen molar-refractivity contribution in [3.8, 4) is 0 Å². The second kappa shape index (κ2) is 4.31. The normalized spacial score (nSPS) is 14.2. The molecule has 2 heterocycles. The van der Waals surface area contributed by atoms with Gasteiger partial charge in [0.25, 0.3) is 0 Å². The maximum absolute atomic E-state index is 4.44. The third-order valence-electron chi connectivity index (χ3n) is 2.68. The van der Waals surface area contributed by atoms with Gasteiger partial charge in [-0.15, -0.1) is 0 Å². The Morgan fingerprint density at radius 2 is 2.29 bits per heavy atom. The Labute approximate surface area is 104 Å². The summed E-state index contributed by atoms with van der Waals surface area (Å²) in [5.74, 6) is 0. The van der Waals surface area contributed by atoms with Crippen molar-refractivity contribution in [3.63, 3.8) is 0 Å². The number of hydrogen-bond acceptors (Lipinski definition) is 4. The topological polar surface area (TPSA) is 65.4 Å². The van der Waals surface area contributed by atoms with Gasteiger partial charge < -0.3 is 0 Å². The number of anilines is 1. The Bertz CT molecular complexity index is 598. The molecule has 17 heavy (non-hydrogen) atoms. The van der Waals surface area contributed by atoms with Crippen LogP contribution in [0.15, 0.2) is 38.5 Å². The van der Waals surface area contributed by atoms with E-state index in [1.54, 1.807) is 0 Å². The van der Waals surface area contributed by atoms with Gasteiger partial charge >= 0.3 is 104 Å². The maximum atomic E-state index is 4.44. The number of rotatable bonds is 3. The molecule has 1 atom stereocenters. The zero-order valence-corrected chi connectivity index (χ0v) is 10.9. The zero-order chi connectivity index (χ0) is 11.7. The fourth-order valence-electron chi connectivity index (χ4n) is 1.74. The van der Waals surface area contributed by atoms with Gasteiger partial charge in [0, 0.05) is 0 Å². The van der Waals surface area contributed by atoms with Gasteiger partial charge in [-0.25, -0.2) is 0 Å². The van der Waals surface area contributed by atoms with Gasteiger partial charge in [-0.3, -0.25) is 0 Å². The van der Waals surface area contributed by atoms with Gasteiger partial charge in [0.15, 0.2) is 0 Å². The minimum atomic E-state index is 0.0129. The van der Waals surface area contributed by atoms with E-state index in [9.17, 15) is 0 Å². The molecule has 1 aliphatic heterocycles. The van der Waals surface area contributed by atoms with Crippen molar-refractivity contribution < 1.29 is 0 Å². The molecule has 0 radical (unpaired) electrons. The standard InChI is InChI=1S/C11H11N5Se/c1-7(8-5-12-13-6-8)14-9-3-2-4-10-11(9)16-17-15-10/h2-7,14H,1H3,(H,12,13). The first-order chi connectivity index (χ1) is 8.34. The Hall–Kier alpha value is -1.65. The van der Waals surface area contributed by atoms with E-state index in [4.69, 9.17) is 0 Å². The molecule has 0 aliphatic carbocycles. The molecule has 0 saturated heterocycles. The minimum absolute atomic E-state index is 0.0129. The van der Waals surface area contributed by atoms with Gasteiger partial charge in [0.05, 0.1) is 0 Å². The van der Waals surface area contributed by atoms with E-state index in [0.29, 0.717) is 0 Å². The van der Waals surface area contributed by atoms with E-state index in [2.05, 4.69) is 30.4 Å². The van der Waals surface area contributed by atoms with Crippen LogP contribution in [0.4, 0.5) is 17.1 Å². The molecule has 0 saturated carbocycles. The van der Waals surface area contributed by atoms with Crippen LogP contribution in [0.5, 0.6) is 0 Å². The molecular formula is C11H11N5Se. The van der Waals surface area contributed by atoms with Crippen molar-refractivity contribution >= 4 is 31.6 Å². The van der Waals surface area contributed by atoms with Crippen LogP contribution in [-0.2, 0) is 0 Å². The monoisotopic (exact) mass is 293 g/mol. The number of aromatic amines is 1. The van der Waals surface area contributed by atoms with Gasteiger partial charge in [-0.1, -0.05) is 0 Å². The number of H-pyrrole nitrogens is 1. The summed E-state index contributed by atoms with van der Waals surface area (Å²) in [6.45, 7) is 2.10. The molecule has 5 nitrogen and oxygen atoms in total. The van der Waals surface area contributed by atoms with Crippen molar-refractivity contribution in [1.82, 2.24) is 10.2 Å². The molecule has 3 rings (SSSR count). The third kappa shape index (κ3) is 1.97. The molecule has 6 heteroatoms. The Morgan fingerprint density at radius 1 is 1.35 bits per heavy atom. The SMILES string of the molecule is CC(Nc1cccc2c1N=[Se]=N2)c1cn[nH]c1. The number of nitrogens with one attached hydrogen (secondary N) is 2. The summed E-state index contributed by atoms with van der Waals surface area (Å²) in [5.41, 5.74) is 4.15.